The number of nitrogens with one attached hydrogen (secondary N) is 1. The van der Waals surface area contributed by atoms with Crippen LogP contribution in [0.15, 0.2) is 65.2 Å². The Morgan fingerprint density at radius 1 is 1.17 bits per heavy atom. The fourth-order valence-corrected chi connectivity index (χ4v) is 5.83. The predicted octanol–water partition coefficient (Wildman–Crippen LogP) is 8.08. The number of hydrogen-bond acceptors (Lipinski definition) is 5. The number of allylic oxidation sites excluding steroid dienone is 2. The lowest BCUT2D eigenvalue weighted by Crippen LogP contribution is -2.29. The van der Waals surface area contributed by atoms with Gasteiger partial charge in [0.2, 0.25) is 0 Å². The van der Waals surface area contributed by atoms with Crippen LogP contribution in [-0.2, 0) is 6.61 Å². The second-order valence-corrected chi connectivity index (χ2v) is 10.2. The summed E-state index contributed by atoms with van der Waals surface area (Å²) in [6.07, 6.45) is 5.18. The van der Waals surface area contributed by atoms with Crippen LogP contribution in [0.2, 0.25) is 10.0 Å². The molecule has 2 aliphatic rings. The van der Waals surface area contributed by atoms with Gasteiger partial charge in [0.15, 0.2) is 11.5 Å². The topological polar surface area (TPSA) is 73.6 Å². The number of nitrogens with zero attached hydrogens (tertiary/aromatic N) is 1. The molecule has 3 atom stereocenters. The second kappa shape index (κ2) is 9.72. The van der Waals surface area contributed by atoms with Crippen LogP contribution in [0, 0.1) is 16.0 Å². The minimum Gasteiger partial charge on any atom is -0.493 e. The highest BCUT2D eigenvalue weighted by Gasteiger charge is 2.40. The van der Waals surface area contributed by atoms with Crippen molar-refractivity contribution in [2.24, 2.45) is 5.92 Å². The van der Waals surface area contributed by atoms with E-state index in [1.807, 2.05) is 24.3 Å². The van der Waals surface area contributed by atoms with E-state index in [-0.39, 0.29) is 35.1 Å². The molecule has 0 saturated heterocycles. The first-order chi connectivity index (χ1) is 16.9. The van der Waals surface area contributed by atoms with Crippen LogP contribution in [0.1, 0.15) is 35.1 Å². The summed E-state index contributed by atoms with van der Waals surface area (Å²) in [4.78, 5) is 11.4. The average Bonchev–Trinajstić information content (AvgIpc) is 3.34. The number of para-hydroxylation sites is 1. The Hall–Kier alpha value is -2.74. The number of hydrogen-bond donors (Lipinski definition) is 1. The normalized spacial score (nSPS) is 20.1. The van der Waals surface area contributed by atoms with E-state index in [1.54, 1.807) is 31.4 Å². The molecule has 1 aliphatic carbocycles. The smallest absolute Gasteiger partial charge is 0.292 e. The van der Waals surface area contributed by atoms with Gasteiger partial charge in [0, 0.05) is 12.0 Å². The Labute approximate surface area is 221 Å². The van der Waals surface area contributed by atoms with Gasteiger partial charge >= 0.3 is 0 Å². The van der Waals surface area contributed by atoms with Crippen molar-refractivity contribution in [1.82, 2.24) is 0 Å². The van der Waals surface area contributed by atoms with E-state index in [0.717, 1.165) is 27.6 Å². The molecule has 3 aromatic carbocycles. The lowest BCUT2D eigenvalue weighted by Gasteiger charge is -2.37. The van der Waals surface area contributed by atoms with Crippen LogP contribution in [0.5, 0.6) is 11.5 Å². The van der Waals surface area contributed by atoms with Gasteiger partial charge in [-0.15, -0.1) is 0 Å². The molecule has 5 rings (SSSR count). The quantitative estimate of drug-likeness (QED) is 0.183. The van der Waals surface area contributed by atoms with Gasteiger partial charge in [-0.3, -0.25) is 10.1 Å². The zero-order valence-corrected chi connectivity index (χ0v) is 21.7. The lowest BCUT2D eigenvalue weighted by atomic mass is 9.76. The molecule has 0 amide bonds. The van der Waals surface area contributed by atoms with E-state index in [0.29, 0.717) is 27.2 Å². The Bertz CT molecular complexity index is 1350. The van der Waals surface area contributed by atoms with Crippen LogP contribution in [-0.4, -0.2) is 12.0 Å². The zero-order valence-electron chi connectivity index (χ0n) is 18.6. The van der Waals surface area contributed by atoms with Crippen LogP contribution < -0.4 is 14.8 Å². The molecule has 0 fully saturated rings. The first-order valence-electron chi connectivity index (χ1n) is 11.0. The summed E-state index contributed by atoms with van der Waals surface area (Å²) in [5, 5.41) is 16.2. The molecule has 6 nitrogen and oxygen atoms in total. The molecule has 1 N–H and O–H groups in total. The molecule has 0 bridgehead atoms. The summed E-state index contributed by atoms with van der Waals surface area (Å²) < 4.78 is 12.5. The summed E-state index contributed by atoms with van der Waals surface area (Å²) in [5.41, 5.74) is 3.44. The van der Waals surface area contributed by atoms with Crippen molar-refractivity contribution < 1.29 is 14.4 Å². The van der Waals surface area contributed by atoms with Gasteiger partial charge in [-0.2, -0.15) is 0 Å². The third-order valence-corrected chi connectivity index (χ3v) is 7.88. The molecule has 0 unspecified atom stereocenters. The molecule has 3 aromatic rings. The van der Waals surface area contributed by atoms with Crippen LogP contribution in [0.25, 0.3) is 0 Å². The van der Waals surface area contributed by atoms with E-state index < -0.39 is 0 Å². The fourth-order valence-electron chi connectivity index (χ4n) is 4.93. The minimum absolute atomic E-state index is 0.0823. The minimum atomic E-state index is -0.335. The van der Waals surface area contributed by atoms with Crippen molar-refractivity contribution in [3.63, 3.8) is 0 Å². The zero-order chi connectivity index (χ0) is 24.7. The molecule has 9 heteroatoms. The Morgan fingerprint density at radius 3 is 2.74 bits per heavy atom. The van der Waals surface area contributed by atoms with Gasteiger partial charge in [-0.1, -0.05) is 53.6 Å². The Morgan fingerprint density at radius 2 is 2.00 bits per heavy atom. The summed E-state index contributed by atoms with van der Waals surface area (Å²) in [6.45, 7) is 0.279. The van der Waals surface area contributed by atoms with Crippen LogP contribution in [0.4, 0.5) is 11.4 Å². The fraction of sp³-hybridized carbons (Fsp3) is 0.231. The highest BCUT2D eigenvalue weighted by molar-refractivity contribution is 9.10. The Balaban J connectivity index is 1.48. The number of nitro benzene ring substituents is 1. The first-order valence-corrected chi connectivity index (χ1v) is 12.6. The standard InChI is InChI=1S/C26H21BrCl2N2O4/c1-34-23-12-15(11-19(27)26(23)35-13-14-8-9-20(28)21(29)10-14)24-17-5-2-4-16(17)18-6-3-7-22(31(32)33)25(18)30-24/h2-4,6-12,16-17,24,30H,5,13H2,1H3/t16-,17-,24-/m0/s1. The summed E-state index contributed by atoms with van der Waals surface area (Å²) in [5.74, 6) is 1.45. The highest BCUT2D eigenvalue weighted by atomic mass is 79.9. The SMILES string of the molecule is COc1cc([C@@H]2Nc3c(cccc3[N+](=O)[O-])[C@H]3C=CC[C@@H]32)cc(Br)c1OCc1ccc(Cl)c(Cl)c1. The van der Waals surface area contributed by atoms with E-state index in [4.69, 9.17) is 32.7 Å². The number of nitro groups is 1. The lowest BCUT2D eigenvalue weighted by molar-refractivity contribution is -0.384. The molecule has 0 spiro atoms. The van der Waals surface area contributed by atoms with Crippen molar-refractivity contribution in [2.45, 2.75) is 25.0 Å². The molecule has 0 saturated carbocycles. The van der Waals surface area contributed by atoms with E-state index in [9.17, 15) is 10.1 Å². The van der Waals surface area contributed by atoms with Crippen molar-refractivity contribution in [1.29, 1.82) is 0 Å². The van der Waals surface area contributed by atoms with Crippen LogP contribution in [0.3, 0.4) is 0 Å². The molecule has 35 heavy (non-hydrogen) atoms. The third-order valence-electron chi connectivity index (χ3n) is 6.55. The van der Waals surface area contributed by atoms with E-state index >= 15 is 0 Å². The number of methoxy groups -OCH3 is 1. The second-order valence-electron chi connectivity index (χ2n) is 8.55. The molecule has 0 aromatic heterocycles. The van der Waals surface area contributed by atoms with Gasteiger partial charge in [-0.05, 0) is 69.2 Å². The number of ether oxygens (including phenoxy) is 2. The summed E-state index contributed by atoms with van der Waals surface area (Å²) in [6, 6.07) is 14.4. The maximum absolute atomic E-state index is 11.7. The maximum atomic E-state index is 11.7. The summed E-state index contributed by atoms with van der Waals surface area (Å²) >= 11 is 15.8. The molecule has 1 heterocycles. The number of fused-ring (bicyclic) bond motifs is 3. The third kappa shape index (κ3) is 4.48. The number of benzene rings is 3. The van der Waals surface area contributed by atoms with Gasteiger partial charge in [0.25, 0.3) is 5.69 Å². The monoisotopic (exact) mass is 574 g/mol. The van der Waals surface area contributed by atoms with Gasteiger partial charge in [0.1, 0.15) is 12.3 Å². The van der Waals surface area contributed by atoms with E-state index in [2.05, 4.69) is 33.4 Å². The van der Waals surface area contributed by atoms with Crippen molar-refractivity contribution in [2.75, 3.05) is 12.4 Å². The van der Waals surface area contributed by atoms with Gasteiger partial charge < -0.3 is 14.8 Å². The average molecular weight is 576 g/mol. The van der Waals surface area contributed by atoms with Gasteiger partial charge in [0.05, 0.1) is 32.6 Å². The number of rotatable bonds is 6. The largest absolute Gasteiger partial charge is 0.493 e. The van der Waals surface area contributed by atoms with Crippen molar-refractivity contribution in [3.8, 4) is 11.5 Å². The number of anilines is 1. The number of halogens is 3. The maximum Gasteiger partial charge on any atom is 0.292 e. The van der Waals surface area contributed by atoms with Crippen molar-refractivity contribution >= 4 is 50.5 Å². The first kappa shape index (κ1) is 24.0. The molecular formula is C26H21BrCl2N2O4. The van der Waals surface area contributed by atoms with E-state index in [1.165, 1.54) is 0 Å². The predicted molar refractivity (Wildman–Crippen MR) is 141 cm³/mol. The molecule has 1 aliphatic heterocycles. The molecule has 180 valence electrons. The van der Waals surface area contributed by atoms with Gasteiger partial charge in [-0.25, -0.2) is 0 Å². The highest BCUT2D eigenvalue weighted by Crippen LogP contribution is 2.53. The van der Waals surface area contributed by atoms with Crippen molar-refractivity contribution in [3.05, 3.63) is 102 Å². The molecule has 0 radical (unpaired) electrons. The molecular weight excluding hydrogens is 555 g/mol. The Kier molecular flexibility index (Phi) is 6.66. The van der Waals surface area contributed by atoms with Crippen LogP contribution >= 0.6 is 39.1 Å². The summed E-state index contributed by atoms with van der Waals surface area (Å²) in [7, 11) is 1.59.